The van der Waals surface area contributed by atoms with E-state index in [-0.39, 0.29) is 0 Å². The first-order valence-corrected chi connectivity index (χ1v) is 10.1. The van der Waals surface area contributed by atoms with Gasteiger partial charge in [-0.25, -0.2) is 4.79 Å². The monoisotopic (exact) mass is 389 g/mol. The van der Waals surface area contributed by atoms with E-state index in [1.165, 1.54) is 11.3 Å². The Morgan fingerprint density at radius 3 is 2.61 bits per heavy atom. The molecule has 0 spiro atoms. The Bertz CT molecular complexity index is 652. The summed E-state index contributed by atoms with van der Waals surface area (Å²) in [6.07, 6.45) is 0.652. The molecular weight excluding hydrogens is 354 g/mol. The van der Waals surface area contributed by atoms with Crippen molar-refractivity contribution in [3.05, 3.63) is 29.8 Å². The molecule has 1 atom stereocenters. The van der Waals surface area contributed by atoms with E-state index < -0.39 is 11.7 Å². The molecule has 0 aliphatic carbocycles. The number of benzene rings is 1. The zero-order valence-electron chi connectivity index (χ0n) is 17.8. The highest BCUT2D eigenvalue weighted by atomic mass is 16.6. The topological polar surface area (TPSA) is 78.0 Å². The number of anilines is 1. The molecule has 0 aromatic heterocycles. The van der Waals surface area contributed by atoms with Crippen molar-refractivity contribution in [3.63, 3.8) is 0 Å². The number of nitrogens with zero attached hydrogens (tertiary/aromatic N) is 2. The highest BCUT2D eigenvalue weighted by Gasteiger charge is 2.23. The van der Waals surface area contributed by atoms with E-state index in [0.717, 1.165) is 32.0 Å². The Morgan fingerprint density at radius 2 is 1.96 bits per heavy atom. The fourth-order valence-corrected chi connectivity index (χ4v) is 3.02. The number of carbonyl (C=O) groups is 1. The number of alkyl carbamates (subject to hydrolysis) is 1. The number of guanidine groups is 1. The maximum Gasteiger partial charge on any atom is 0.407 e. The van der Waals surface area contributed by atoms with E-state index >= 15 is 0 Å². The van der Waals surface area contributed by atoms with Gasteiger partial charge in [0, 0.05) is 37.9 Å². The van der Waals surface area contributed by atoms with Gasteiger partial charge >= 0.3 is 6.09 Å². The van der Waals surface area contributed by atoms with Gasteiger partial charge in [-0.3, -0.25) is 4.99 Å². The molecule has 28 heavy (non-hydrogen) atoms. The molecule has 2 rings (SSSR count). The van der Waals surface area contributed by atoms with Gasteiger partial charge in [0.25, 0.3) is 0 Å². The van der Waals surface area contributed by atoms with Gasteiger partial charge in [0.05, 0.1) is 6.54 Å². The Morgan fingerprint density at radius 1 is 1.25 bits per heavy atom. The van der Waals surface area contributed by atoms with Crippen LogP contribution >= 0.6 is 0 Å². The van der Waals surface area contributed by atoms with E-state index in [1.54, 1.807) is 0 Å². The average Bonchev–Trinajstić information content (AvgIpc) is 3.06. The Labute approximate surface area is 168 Å². The van der Waals surface area contributed by atoms with Crippen LogP contribution < -0.4 is 20.9 Å². The van der Waals surface area contributed by atoms with Gasteiger partial charge in [-0.2, -0.15) is 0 Å². The van der Waals surface area contributed by atoms with Crippen molar-refractivity contribution in [1.82, 2.24) is 16.0 Å². The van der Waals surface area contributed by atoms with Crippen molar-refractivity contribution < 1.29 is 9.53 Å². The first-order valence-electron chi connectivity index (χ1n) is 10.1. The molecule has 156 valence electrons. The molecule has 1 fully saturated rings. The lowest BCUT2D eigenvalue weighted by Crippen LogP contribution is -2.45. The van der Waals surface area contributed by atoms with Crippen LogP contribution in [-0.2, 0) is 4.74 Å². The lowest BCUT2D eigenvalue weighted by atomic mass is 10.2. The SMILES string of the molecule is CCNC(=NCCNC(=O)OC(C)(C)C)NC1CCN(c2ccc(C)cc2)C1. The van der Waals surface area contributed by atoms with Crippen LogP contribution in [0.25, 0.3) is 0 Å². The summed E-state index contributed by atoms with van der Waals surface area (Å²) in [5, 5.41) is 9.51. The second-order valence-corrected chi connectivity index (χ2v) is 8.10. The predicted molar refractivity (Wildman–Crippen MR) is 115 cm³/mol. The number of amides is 1. The van der Waals surface area contributed by atoms with Gasteiger partial charge in [0.1, 0.15) is 5.60 Å². The molecule has 1 aliphatic rings. The fraction of sp³-hybridized carbons (Fsp3) is 0.619. The Kier molecular flexibility index (Phi) is 7.96. The molecule has 0 saturated carbocycles. The van der Waals surface area contributed by atoms with Gasteiger partial charge in [-0.1, -0.05) is 17.7 Å². The normalized spacial score (nSPS) is 17.4. The summed E-state index contributed by atoms with van der Waals surface area (Å²) in [6, 6.07) is 9.01. The number of rotatable bonds is 6. The van der Waals surface area contributed by atoms with E-state index in [4.69, 9.17) is 4.74 Å². The maximum absolute atomic E-state index is 11.7. The fourth-order valence-electron chi connectivity index (χ4n) is 3.02. The van der Waals surface area contributed by atoms with Crippen molar-refractivity contribution in [2.75, 3.05) is 37.6 Å². The molecular formula is C21H35N5O2. The quantitative estimate of drug-likeness (QED) is 0.396. The smallest absolute Gasteiger partial charge is 0.407 e. The van der Waals surface area contributed by atoms with Crippen molar-refractivity contribution in [2.24, 2.45) is 4.99 Å². The minimum atomic E-state index is -0.490. The van der Waals surface area contributed by atoms with Gasteiger partial charge < -0.3 is 25.6 Å². The summed E-state index contributed by atoms with van der Waals surface area (Å²) < 4.78 is 5.23. The van der Waals surface area contributed by atoms with E-state index in [1.807, 2.05) is 27.7 Å². The second-order valence-electron chi connectivity index (χ2n) is 8.10. The molecule has 1 aromatic rings. The lowest BCUT2D eigenvalue weighted by molar-refractivity contribution is 0.0529. The van der Waals surface area contributed by atoms with Gasteiger partial charge in [-0.05, 0) is 53.2 Å². The van der Waals surface area contributed by atoms with Crippen LogP contribution in [0, 0.1) is 6.92 Å². The molecule has 3 N–H and O–H groups in total. The zero-order valence-corrected chi connectivity index (χ0v) is 17.8. The number of hydrogen-bond donors (Lipinski definition) is 3. The summed E-state index contributed by atoms with van der Waals surface area (Å²) in [5.74, 6) is 0.782. The zero-order chi connectivity index (χ0) is 20.6. The lowest BCUT2D eigenvalue weighted by Gasteiger charge is -2.21. The Hall–Kier alpha value is -2.44. The summed E-state index contributed by atoms with van der Waals surface area (Å²) in [5.41, 5.74) is 2.05. The maximum atomic E-state index is 11.7. The van der Waals surface area contributed by atoms with Crippen LogP contribution in [0.1, 0.15) is 39.7 Å². The van der Waals surface area contributed by atoms with Crippen LogP contribution in [0.2, 0.25) is 0 Å². The molecule has 0 radical (unpaired) electrons. The van der Waals surface area contributed by atoms with E-state index in [0.29, 0.717) is 19.1 Å². The summed E-state index contributed by atoms with van der Waals surface area (Å²) >= 11 is 0. The third-order valence-electron chi connectivity index (χ3n) is 4.32. The minimum Gasteiger partial charge on any atom is -0.444 e. The molecule has 1 unspecified atom stereocenters. The number of carbonyl (C=O) groups excluding carboxylic acids is 1. The van der Waals surface area contributed by atoms with Crippen molar-refractivity contribution >= 4 is 17.7 Å². The van der Waals surface area contributed by atoms with E-state index in [2.05, 4.69) is 57.0 Å². The molecule has 1 heterocycles. The third-order valence-corrected chi connectivity index (χ3v) is 4.32. The van der Waals surface area contributed by atoms with Crippen LogP contribution in [0.15, 0.2) is 29.3 Å². The molecule has 1 saturated heterocycles. The van der Waals surface area contributed by atoms with Crippen LogP contribution in [-0.4, -0.2) is 56.4 Å². The Balaban J connectivity index is 1.79. The van der Waals surface area contributed by atoms with Crippen molar-refractivity contribution in [3.8, 4) is 0 Å². The average molecular weight is 390 g/mol. The predicted octanol–water partition coefficient (Wildman–Crippen LogP) is 2.65. The number of nitrogens with one attached hydrogen (secondary N) is 3. The highest BCUT2D eigenvalue weighted by Crippen LogP contribution is 2.20. The number of hydrogen-bond acceptors (Lipinski definition) is 4. The third kappa shape index (κ3) is 7.66. The number of aliphatic imine (C=N–C) groups is 1. The highest BCUT2D eigenvalue weighted by molar-refractivity contribution is 5.80. The van der Waals surface area contributed by atoms with Gasteiger partial charge in [0.15, 0.2) is 5.96 Å². The molecule has 7 nitrogen and oxygen atoms in total. The van der Waals surface area contributed by atoms with Crippen LogP contribution in [0.4, 0.5) is 10.5 Å². The summed E-state index contributed by atoms with van der Waals surface area (Å²) in [6.45, 7) is 13.4. The number of aryl methyl sites for hydroxylation is 1. The van der Waals surface area contributed by atoms with Crippen LogP contribution in [0.5, 0.6) is 0 Å². The second kappa shape index (κ2) is 10.2. The first-order chi connectivity index (χ1) is 13.3. The summed E-state index contributed by atoms with van der Waals surface area (Å²) in [4.78, 5) is 18.6. The van der Waals surface area contributed by atoms with Gasteiger partial charge in [0.2, 0.25) is 0 Å². The number of ether oxygens (including phenoxy) is 1. The molecule has 1 aliphatic heterocycles. The minimum absolute atomic E-state index is 0.345. The molecule has 1 aromatic carbocycles. The van der Waals surface area contributed by atoms with Crippen molar-refractivity contribution in [1.29, 1.82) is 0 Å². The molecule has 0 bridgehead atoms. The summed E-state index contributed by atoms with van der Waals surface area (Å²) in [7, 11) is 0. The first kappa shape index (κ1) is 21.9. The molecule has 1 amide bonds. The van der Waals surface area contributed by atoms with Crippen molar-refractivity contribution in [2.45, 2.75) is 52.7 Å². The molecule has 7 heteroatoms. The van der Waals surface area contributed by atoms with Gasteiger partial charge in [-0.15, -0.1) is 0 Å². The van der Waals surface area contributed by atoms with Crippen LogP contribution in [0.3, 0.4) is 0 Å². The standard InChI is InChI=1S/C21H35N5O2/c1-6-22-19(23-12-13-24-20(27)28-21(3,4)5)25-17-11-14-26(15-17)18-9-7-16(2)8-10-18/h7-10,17H,6,11-15H2,1-5H3,(H,24,27)(H2,22,23,25). The van der Waals surface area contributed by atoms with E-state index in [9.17, 15) is 4.79 Å². The largest absolute Gasteiger partial charge is 0.444 e.